The monoisotopic (exact) mass is 525 g/mol. The first-order valence-corrected chi connectivity index (χ1v) is 13.5. The number of H-pyrrole nitrogens is 1. The van der Waals surface area contributed by atoms with E-state index in [4.69, 9.17) is 4.74 Å². The number of allylic oxidation sites excluding steroid dienone is 4. The van der Waals surface area contributed by atoms with Crippen LogP contribution in [0.15, 0.2) is 46.9 Å². The molecule has 1 unspecified atom stereocenters. The number of nitrogens with one attached hydrogen (secondary N) is 2. The zero-order valence-electron chi connectivity index (χ0n) is 23.1. The summed E-state index contributed by atoms with van der Waals surface area (Å²) in [5.41, 5.74) is 8.33. The van der Waals surface area contributed by atoms with E-state index in [-0.39, 0.29) is 24.1 Å². The highest BCUT2D eigenvalue weighted by molar-refractivity contribution is 5.97. The first-order valence-electron chi connectivity index (χ1n) is 13.5. The van der Waals surface area contributed by atoms with Crippen LogP contribution in [0.5, 0.6) is 0 Å². The molecule has 2 aliphatic rings. The van der Waals surface area contributed by atoms with Crippen LogP contribution in [0.2, 0.25) is 0 Å². The van der Waals surface area contributed by atoms with Crippen molar-refractivity contribution in [3.05, 3.63) is 91.7 Å². The molecule has 3 aromatic rings. The Bertz CT molecular complexity index is 1590. The van der Waals surface area contributed by atoms with E-state index in [2.05, 4.69) is 50.9 Å². The molecule has 5 rings (SSSR count). The number of carbonyl (C=O) groups excluding carboxylic acids is 1. The third-order valence-electron chi connectivity index (χ3n) is 7.93. The average Bonchev–Trinajstić information content (AvgIpc) is 3.36. The predicted molar refractivity (Wildman–Crippen MR) is 152 cm³/mol. The Kier molecular flexibility index (Phi) is 7.56. The van der Waals surface area contributed by atoms with Crippen LogP contribution in [0.25, 0.3) is 11.1 Å². The Morgan fingerprint density at radius 3 is 2.69 bits per heavy atom. The van der Waals surface area contributed by atoms with Crippen molar-refractivity contribution < 1.29 is 9.53 Å². The molecule has 0 aromatic carbocycles. The summed E-state index contributed by atoms with van der Waals surface area (Å²) in [5, 5.41) is 12.4. The smallest absolute Gasteiger partial charge is 0.253 e. The highest BCUT2D eigenvalue weighted by Gasteiger charge is 2.26. The lowest BCUT2D eigenvalue weighted by molar-refractivity contribution is 0.0187. The number of amides is 1. The fraction of sp³-hybridized carbons (Fsp3) is 0.387. The normalized spacial score (nSPS) is 16.9. The molecule has 0 spiro atoms. The molecule has 1 aliphatic heterocycles. The Morgan fingerprint density at radius 1 is 1.21 bits per heavy atom. The van der Waals surface area contributed by atoms with Crippen LogP contribution >= 0.6 is 0 Å². The number of nitriles is 1. The second-order valence-corrected chi connectivity index (χ2v) is 10.5. The highest BCUT2D eigenvalue weighted by Crippen LogP contribution is 2.32. The molecular formula is C31H35N5O3. The largest absolute Gasteiger partial charge is 0.379 e. The molecule has 0 radical (unpaired) electrons. The van der Waals surface area contributed by atoms with E-state index >= 15 is 0 Å². The Hall–Kier alpha value is -3.93. The molecule has 1 amide bonds. The zero-order valence-corrected chi connectivity index (χ0v) is 23.1. The van der Waals surface area contributed by atoms with Crippen LogP contribution < -0.4 is 10.9 Å². The van der Waals surface area contributed by atoms with Crippen LogP contribution in [0.3, 0.4) is 0 Å². The average molecular weight is 526 g/mol. The fourth-order valence-corrected chi connectivity index (χ4v) is 5.78. The maximum atomic E-state index is 13.6. The number of morpholine rings is 1. The van der Waals surface area contributed by atoms with E-state index in [0.717, 1.165) is 70.7 Å². The lowest BCUT2D eigenvalue weighted by atomic mass is 9.97. The number of hydrogen-bond acceptors (Lipinski definition) is 5. The molecule has 1 atom stereocenters. The van der Waals surface area contributed by atoms with Gasteiger partial charge in [0.05, 0.1) is 19.3 Å². The highest BCUT2D eigenvalue weighted by atomic mass is 16.5. The molecule has 3 aromatic heterocycles. The summed E-state index contributed by atoms with van der Waals surface area (Å²) in [5.74, 6) is -0.212. The number of aromatic nitrogens is 2. The van der Waals surface area contributed by atoms with Gasteiger partial charge < -0.3 is 19.4 Å². The molecule has 0 saturated carbocycles. The van der Waals surface area contributed by atoms with Gasteiger partial charge in [-0.25, -0.2) is 0 Å². The predicted octanol–water partition coefficient (Wildman–Crippen LogP) is 4.50. The van der Waals surface area contributed by atoms with Gasteiger partial charge in [-0.05, 0) is 81.5 Å². The number of fused-ring (bicyclic) bond motifs is 1. The topological polar surface area (TPSA) is 103 Å². The van der Waals surface area contributed by atoms with Crippen molar-refractivity contribution in [1.29, 1.82) is 5.26 Å². The Labute approximate surface area is 228 Å². The van der Waals surface area contributed by atoms with Crippen molar-refractivity contribution in [2.45, 2.75) is 53.1 Å². The second-order valence-electron chi connectivity index (χ2n) is 10.5. The molecule has 202 valence electrons. The SMILES string of the molecule is Cc1cc(C)c(CNC(=O)c2cc3cc(C4=CCCC(C#N)=C4)cn3c(C(C)N3CCOCC3)c2C)c(=O)[nH]1. The quantitative estimate of drug-likeness (QED) is 0.493. The first-order chi connectivity index (χ1) is 18.8. The number of aromatic amines is 1. The van der Waals surface area contributed by atoms with Crippen LogP contribution in [-0.4, -0.2) is 46.5 Å². The lowest BCUT2D eigenvalue weighted by Gasteiger charge is -2.34. The number of rotatable bonds is 6. The summed E-state index contributed by atoms with van der Waals surface area (Å²) in [6.45, 7) is 11.1. The van der Waals surface area contributed by atoms with Gasteiger partial charge in [-0.15, -0.1) is 0 Å². The van der Waals surface area contributed by atoms with Crippen LogP contribution in [0.4, 0.5) is 0 Å². The summed E-state index contributed by atoms with van der Waals surface area (Å²) >= 11 is 0. The van der Waals surface area contributed by atoms with Gasteiger partial charge in [-0.2, -0.15) is 5.26 Å². The minimum absolute atomic E-state index is 0.0529. The van der Waals surface area contributed by atoms with Crippen LogP contribution in [-0.2, 0) is 11.3 Å². The molecular weight excluding hydrogens is 490 g/mol. The molecule has 4 heterocycles. The second kappa shape index (κ2) is 11.0. The van der Waals surface area contributed by atoms with Gasteiger partial charge in [-0.1, -0.05) is 6.08 Å². The number of ether oxygens (including phenoxy) is 1. The summed E-state index contributed by atoms with van der Waals surface area (Å²) in [6.07, 6.45) is 7.85. The maximum absolute atomic E-state index is 13.6. The summed E-state index contributed by atoms with van der Waals surface area (Å²) in [7, 11) is 0. The molecule has 1 aliphatic carbocycles. The van der Waals surface area contributed by atoms with E-state index in [1.165, 1.54) is 0 Å². The van der Waals surface area contributed by atoms with Gasteiger partial charge in [0.25, 0.3) is 11.5 Å². The van der Waals surface area contributed by atoms with E-state index in [1.807, 2.05) is 39.0 Å². The van der Waals surface area contributed by atoms with E-state index in [1.54, 1.807) is 0 Å². The zero-order chi connectivity index (χ0) is 27.7. The van der Waals surface area contributed by atoms with Gasteiger partial charge in [0, 0.05) is 71.0 Å². The number of aryl methyl sites for hydroxylation is 2. The lowest BCUT2D eigenvalue weighted by Crippen LogP contribution is -2.39. The number of nitrogens with zero attached hydrogens (tertiary/aromatic N) is 3. The van der Waals surface area contributed by atoms with Crippen LogP contribution in [0, 0.1) is 32.1 Å². The van der Waals surface area contributed by atoms with Gasteiger partial charge >= 0.3 is 0 Å². The first kappa shape index (κ1) is 26.7. The fourth-order valence-electron chi connectivity index (χ4n) is 5.78. The standard InChI is InChI=1S/C31H35N5O3/c1-19-12-20(2)34-31(38)28(19)17-33-30(37)27-15-26-14-25(24-7-5-6-23(13-24)16-32)18-36(26)29(21(27)3)22(4)35-8-10-39-11-9-35/h7,12-15,18,22H,5-6,8-11,17H2,1-4H3,(H,33,37)(H,34,38). The molecule has 0 bridgehead atoms. The Balaban J connectivity index is 1.56. The van der Waals surface area contributed by atoms with E-state index in [0.29, 0.717) is 24.3 Å². The molecule has 8 nitrogen and oxygen atoms in total. The van der Waals surface area contributed by atoms with Gasteiger partial charge in [0.1, 0.15) is 0 Å². The van der Waals surface area contributed by atoms with Crippen molar-refractivity contribution in [2.75, 3.05) is 26.3 Å². The third-order valence-corrected chi connectivity index (χ3v) is 7.93. The van der Waals surface area contributed by atoms with Gasteiger partial charge in [-0.3, -0.25) is 14.5 Å². The van der Waals surface area contributed by atoms with Crippen molar-refractivity contribution in [1.82, 2.24) is 19.6 Å². The van der Waals surface area contributed by atoms with Crippen molar-refractivity contribution in [3.63, 3.8) is 0 Å². The van der Waals surface area contributed by atoms with Gasteiger partial charge in [0.15, 0.2) is 0 Å². The number of carbonyl (C=O) groups is 1. The molecule has 1 saturated heterocycles. The number of hydrogen-bond donors (Lipinski definition) is 2. The maximum Gasteiger partial charge on any atom is 0.253 e. The molecule has 2 N–H and O–H groups in total. The Morgan fingerprint density at radius 2 is 1.97 bits per heavy atom. The minimum Gasteiger partial charge on any atom is -0.379 e. The minimum atomic E-state index is -0.212. The summed E-state index contributed by atoms with van der Waals surface area (Å²) in [6, 6.07) is 8.28. The van der Waals surface area contributed by atoms with Gasteiger partial charge in [0.2, 0.25) is 0 Å². The molecule has 8 heteroatoms. The van der Waals surface area contributed by atoms with Crippen LogP contribution in [0.1, 0.15) is 69.8 Å². The van der Waals surface area contributed by atoms with E-state index < -0.39 is 0 Å². The number of pyridine rings is 2. The van der Waals surface area contributed by atoms with E-state index in [9.17, 15) is 14.9 Å². The third kappa shape index (κ3) is 5.33. The van der Waals surface area contributed by atoms with Crippen molar-refractivity contribution in [2.24, 2.45) is 0 Å². The summed E-state index contributed by atoms with van der Waals surface area (Å²) < 4.78 is 7.78. The van der Waals surface area contributed by atoms with Crippen molar-refractivity contribution >= 4 is 17.0 Å². The van der Waals surface area contributed by atoms with Crippen molar-refractivity contribution in [3.8, 4) is 6.07 Å². The molecule has 1 fully saturated rings. The molecule has 39 heavy (non-hydrogen) atoms. The summed E-state index contributed by atoms with van der Waals surface area (Å²) in [4.78, 5) is 31.3.